The topological polar surface area (TPSA) is 62.5 Å². The Kier molecular flexibility index (Phi) is 3.09. The van der Waals surface area contributed by atoms with Crippen LogP contribution in [0.5, 0.6) is 5.75 Å². The number of anilines is 1. The Balaban J connectivity index is 2.42. The lowest BCUT2D eigenvalue weighted by atomic mass is 10.1. The van der Waals surface area contributed by atoms with Crippen molar-refractivity contribution in [2.75, 3.05) is 11.4 Å². The number of aryl methyl sites for hydroxylation is 1. The molecule has 0 aliphatic heterocycles. The van der Waals surface area contributed by atoms with Crippen molar-refractivity contribution in [3.8, 4) is 5.75 Å². The molecule has 1 heterocycles. The fourth-order valence-corrected chi connectivity index (χ4v) is 2.87. The maximum Gasteiger partial charge on any atom is 0.267 e. The molecule has 3 aromatic rings. The minimum absolute atomic E-state index is 0.0668. The van der Waals surface area contributed by atoms with Crippen LogP contribution in [0.3, 0.4) is 0 Å². The van der Waals surface area contributed by atoms with E-state index in [0.29, 0.717) is 9.47 Å². The molecule has 5 nitrogen and oxygen atoms in total. The van der Waals surface area contributed by atoms with E-state index in [1.165, 1.54) is 30.3 Å². The first-order valence-electron chi connectivity index (χ1n) is 9.82. The summed E-state index contributed by atoms with van der Waals surface area (Å²) in [5.74, 6) is -2.01. The quantitative estimate of drug-likeness (QED) is 0.775. The molecule has 0 radical (unpaired) electrons. The third-order valence-corrected chi connectivity index (χ3v) is 4.09. The summed E-state index contributed by atoms with van der Waals surface area (Å²) in [6, 6.07) is 11.8. The van der Waals surface area contributed by atoms with Crippen LogP contribution in [0.15, 0.2) is 53.3 Å². The molecule has 25 heavy (non-hydrogen) atoms. The maximum atomic E-state index is 13.4. The number of aromatic nitrogens is 1. The van der Waals surface area contributed by atoms with Gasteiger partial charge in [0.05, 0.1) is 15.9 Å². The van der Waals surface area contributed by atoms with E-state index < -0.39 is 36.3 Å². The SMILES string of the molecule is [2H]C([2H])(C)N(C(=O)c1c(O)c2c(Cl)cccc2n(C([2H])([2H])[2H])c1=O)c1ccccc1. The number of carbonyl (C=O) groups excluding carboxylic acids is 1. The average Bonchev–Trinajstić information content (AvgIpc) is 2.60. The molecular formula is C19H17ClN2O3. The average molecular weight is 362 g/mol. The molecule has 1 amide bonds. The Hall–Kier alpha value is -2.79. The Morgan fingerprint density at radius 1 is 1.28 bits per heavy atom. The molecule has 0 saturated heterocycles. The van der Waals surface area contributed by atoms with Crippen LogP contribution in [0.25, 0.3) is 10.9 Å². The smallest absolute Gasteiger partial charge is 0.267 e. The largest absolute Gasteiger partial charge is 0.506 e. The van der Waals surface area contributed by atoms with Crippen molar-refractivity contribution in [2.24, 2.45) is 6.98 Å². The summed E-state index contributed by atoms with van der Waals surface area (Å²) in [6.07, 6.45) is 0. The van der Waals surface area contributed by atoms with Gasteiger partial charge in [0.2, 0.25) is 0 Å². The Morgan fingerprint density at radius 3 is 2.64 bits per heavy atom. The number of pyridine rings is 1. The number of benzene rings is 2. The van der Waals surface area contributed by atoms with Crippen LogP contribution < -0.4 is 10.5 Å². The van der Waals surface area contributed by atoms with E-state index >= 15 is 0 Å². The van der Waals surface area contributed by atoms with Crippen molar-refractivity contribution >= 4 is 34.1 Å². The van der Waals surface area contributed by atoms with Gasteiger partial charge in [-0.25, -0.2) is 0 Å². The number of halogens is 1. The van der Waals surface area contributed by atoms with Gasteiger partial charge in [0.25, 0.3) is 11.5 Å². The van der Waals surface area contributed by atoms with Crippen LogP contribution in [0.4, 0.5) is 5.69 Å². The van der Waals surface area contributed by atoms with Gasteiger partial charge in [0.1, 0.15) is 11.3 Å². The summed E-state index contributed by atoms with van der Waals surface area (Å²) in [4.78, 5) is 27.1. The van der Waals surface area contributed by atoms with E-state index in [2.05, 4.69) is 0 Å². The second kappa shape index (κ2) is 6.61. The Morgan fingerprint density at radius 2 is 2.00 bits per heavy atom. The minimum atomic E-state index is -2.98. The fourth-order valence-electron chi connectivity index (χ4n) is 2.61. The van der Waals surface area contributed by atoms with Crippen molar-refractivity contribution in [2.45, 2.75) is 6.92 Å². The lowest BCUT2D eigenvalue weighted by Gasteiger charge is -2.22. The summed E-state index contributed by atoms with van der Waals surface area (Å²) < 4.78 is 39.8. The van der Waals surface area contributed by atoms with E-state index in [1.807, 2.05) is 0 Å². The second-order valence-electron chi connectivity index (χ2n) is 5.20. The van der Waals surface area contributed by atoms with E-state index in [-0.39, 0.29) is 21.6 Å². The number of hydrogen-bond donors (Lipinski definition) is 1. The highest BCUT2D eigenvalue weighted by Gasteiger charge is 2.26. The van der Waals surface area contributed by atoms with Crippen LogP contribution in [0.1, 0.15) is 24.1 Å². The van der Waals surface area contributed by atoms with Gasteiger partial charge in [-0.15, -0.1) is 0 Å². The zero-order chi connectivity index (χ0) is 22.4. The van der Waals surface area contributed by atoms with Crippen LogP contribution in [0, 0.1) is 0 Å². The highest BCUT2D eigenvalue weighted by molar-refractivity contribution is 6.36. The maximum absolute atomic E-state index is 13.4. The monoisotopic (exact) mass is 361 g/mol. The van der Waals surface area contributed by atoms with E-state index in [9.17, 15) is 14.7 Å². The molecule has 1 N–H and O–H groups in total. The number of fused-ring (bicyclic) bond motifs is 1. The predicted molar refractivity (Wildman–Crippen MR) is 99.7 cm³/mol. The standard InChI is InChI=1S/C19H17ClN2O3/c1-3-22(12-8-5-4-6-9-12)19(25)16-17(23)15-13(20)10-7-11-14(15)21(2)18(16)24/h4-11,23H,3H2,1-2H3/i2D3,3D2. The number of rotatable bonds is 3. The first-order valence-corrected chi connectivity index (χ1v) is 7.70. The Labute approximate surface area is 156 Å². The third-order valence-electron chi connectivity index (χ3n) is 3.78. The zero-order valence-corrected chi connectivity index (χ0v) is 13.9. The van der Waals surface area contributed by atoms with Crippen LogP contribution in [-0.4, -0.2) is 22.1 Å². The molecule has 0 aliphatic rings. The zero-order valence-electron chi connectivity index (χ0n) is 18.2. The van der Waals surface area contributed by atoms with Gasteiger partial charge in [-0.2, -0.15) is 0 Å². The van der Waals surface area contributed by atoms with Crippen molar-refractivity contribution in [1.29, 1.82) is 0 Å². The number of aromatic hydroxyl groups is 1. The molecule has 0 atom stereocenters. The molecule has 0 spiro atoms. The van der Waals surface area contributed by atoms with E-state index in [0.717, 1.165) is 6.92 Å². The van der Waals surface area contributed by atoms with Gasteiger partial charge >= 0.3 is 0 Å². The number of carbonyl (C=O) groups is 1. The van der Waals surface area contributed by atoms with Gasteiger partial charge < -0.3 is 14.6 Å². The first kappa shape index (κ1) is 11.7. The van der Waals surface area contributed by atoms with Crippen molar-refractivity contribution in [3.63, 3.8) is 0 Å². The predicted octanol–water partition coefficient (Wildman–Crippen LogP) is 3.56. The van der Waals surface area contributed by atoms with Gasteiger partial charge in [0, 0.05) is 26.0 Å². The third kappa shape index (κ3) is 2.76. The summed E-state index contributed by atoms with van der Waals surface area (Å²) in [7, 11) is 0. The Bertz CT molecular complexity index is 1190. The molecular weight excluding hydrogens is 340 g/mol. The van der Waals surface area contributed by atoms with Crippen LogP contribution in [0.2, 0.25) is 5.02 Å². The summed E-state index contributed by atoms with van der Waals surface area (Å²) in [5.41, 5.74) is -2.22. The molecule has 0 fully saturated rings. The molecule has 0 unspecified atom stereocenters. The molecule has 1 aromatic heterocycles. The minimum Gasteiger partial charge on any atom is -0.506 e. The molecule has 3 rings (SSSR count). The summed E-state index contributed by atoms with van der Waals surface area (Å²) >= 11 is 6.14. The first-order chi connectivity index (χ1) is 13.9. The second-order valence-corrected chi connectivity index (χ2v) is 5.61. The van der Waals surface area contributed by atoms with Gasteiger partial charge in [-0.05, 0) is 31.2 Å². The fraction of sp³-hybridized carbons (Fsp3) is 0.158. The highest BCUT2D eigenvalue weighted by Crippen LogP contribution is 2.33. The lowest BCUT2D eigenvalue weighted by Crippen LogP contribution is -2.36. The van der Waals surface area contributed by atoms with E-state index in [1.54, 1.807) is 18.2 Å². The van der Waals surface area contributed by atoms with Crippen LogP contribution >= 0.6 is 11.6 Å². The number of nitrogens with zero attached hydrogens (tertiary/aromatic N) is 2. The van der Waals surface area contributed by atoms with Crippen LogP contribution in [-0.2, 0) is 6.98 Å². The number of amides is 1. The van der Waals surface area contributed by atoms with Gasteiger partial charge in [-0.1, -0.05) is 35.9 Å². The molecule has 128 valence electrons. The van der Waals surface area contributed by atoms with Crippen molar-refractivity contribution in [3.05, 3.63) is 69.5 Å². The van der Waals surface area contributed by atoms with Crippen molar-refractivity contribution in [1.82, 2.24) is 4.57 Å². The molecule has 0 bridgehead atoms. The van der Waals surface area contributed by atoms with Gasteiger partial charge in [0.15, 0.2) is 0 Å². The number of para-hydroxylation sites is 1. The lowest BCUT2D eigenvalue weighted by molar-refractivity contribution is 0.0984. The summed E-state index contributed by atoms with van der Waals surface area (Å²) in [6.45, 7) is -4.16. The van der Waals surface area contributed by atoms with Gasteiger partial charge in [-0.3, -0.25) is 9.59 Å². The molecule has 0 aliphatic carbocycles. The van der Waals surface area contributed by atoms with Crippen molar-refractivity contribution < 1.29 is 16.8 Å². The highest BCUT2D eigenvalue weighted by atomic mass is 35.5. The number of hydrogen-bond acceptors (Lipinski definition) is 3. The summed E-state index contributed by atoms with van der Waals surface area (Å²) in [5, 5.41) is 10.5. The molecule has 2 aromatic carbocycles. The van der Waals surface area contributed by atoms with E-state index in [4.69, 9.17) is 18.5 Å². The normalized spacial score (nSPS) is 14.9. The molecule has 6 heteroatoms. The molecule has 0 saturated carbocycles.